The van der Waals surface area contributed by atoms with Crippen LogP contribution in [0.4, 0.5) is 10.1 Å². The summed E-state index contributed by atoms with van der Waals surface area (Å²) in [5.41, 5.74) is 1.49. The number of thioether (sulfide) groups is 1. The molecule has 3 rings (SSSR count). The number of amides is 2. The number of nitrogens with one attached hydrogen (secondary N) is 2. The van der Waals surface area contributed by atoms with Gasteiger partial charge in [-0.15, -0.1) is 10.2 Å². The van der Waals surface area contributed by atoms with E-state index < -0.39 is 5.91 Å². The predicted molar refractivity (Wildman–Crippen MR) is 108 cm³/mol. The van der Waals surface area contributed by atoms with Gasteiger partial charge in [-0.05, 0) is 36.8 Å². The summed E-state index contributed by atoms with van der Waals surface area (Å²) in [4.78, 5) is 24.3. The summed E-state index contributed by atoms with van der Waals surface area (Å²) in [7, 11) is 0. The summed E-state index contributed by atoms with van der Waals surface area (Å²) < 4.78 is 13.4. The number of halogens is 1. The van der Waals surface area contributed by atoms with Crippen molar-refractivity contribution >= 4 is 40.6 Å². The average molecular weight is 417 g/mol. The summed E-state index contributed by atoms with van der Waals surface area (Å²) in [6.45, 7) is 1.92. The Morgan fingerprint density at radius 2 is 1.82 bits per heavy atom. The zero-order chi connectivity index (χ0) is 19.9. The van der Waals surface area contributed by atoms with E-state index in [0.29, 0.717) is 10.0 Å². The Bertz CT molecular complexity index is 948. The number of nitrogens with zero attached hydrogens (tertiary/aromatic N) is 2. The Balaban J connectivity index is 1.49. The van der Waals surface area contributed by atoms with Crippen molar-refractivity contribution in [3.8, 4) is 0 Å². The molecule has 6 nitrogen and oxygen atoms in total. The van der Waals surface area contributed by atoms with E-state index in [0.717, 1.165) is 16.9 Å². The van der Waals surface area contributed by atoms with Crippen LogP contribution in [0.2, 0.25) is 0 Å². The predicted octanol–water partition coefficient (Wildman–Crippen LogP) is 3.90. The molecule has 0 aliphatic carbocycles. The van der Waals surface area contributed by atoms with Gasteiger partial charge in [0, 0.05) is 5.69 Å². The highest BCUT2D eigenvalue weighted by Gasteiger charge is 2.15. The minimum atomic E-state index is -0.432. The number of carbonyl (C=O) groups excluding carboxylic acids is 2. The van der Waals surface area contributed by atoms with Gasteiger partial charge in [0.1, 0.15) is 5.82 Å². The number of anilines is 1. The van der Waals surface area contributed by atoms with Crippen molar-refractivity contribution in [3.05, 3.63) is 71.0 Å². The molecule has 144 valence electrons. The third-order valence-corrected chi connectivity index (χ3v) is 5.76. The Labute approximate surface area is 169 Å². The van der Waals surface area contributed by atoms with Crippen molar-refractivity contribution in [2.24, 2.45) is 0 Å². The second-order valence-corrected chi connectivity index (χ2v) is 8.02. The molecule has 0 spiro atoms. The molecule has 0 saturated heterocycles. The quantitative estimate of drug-likeness (QED) is 0.571. The molecule has 2 amide bonds. The Hall–Kier alpha value is -2.78. The van der Waals surface area contributed by atoms with E-state index in [2.05, 4.69) is 20.8 Å². The fourth-order valence-electron chi connectivity index (χ4n) is 2.31. The lowest BCUT2D eigenvalue weighted by molar-refractivity contribution is -0.119. The first kappa shape index (κ1) is 20.0. The van der Waals surface area contributed by atoms with Crippen molar-refractivity contribution in [3.63, 3.8) is 0 Å². The standard InChI is InChI=1S/C19H17FN4O2S2/c1-12(13-5-3-2-4-6-13)21-16(25)11-27-19-24-23-18(28-19)17(26)22-15-9-7-14(20)8-10-15/h2-10,12H,11H2,1H3,(H,21,25)(H,22,26)/t12-/m0/s1. The van der Waals surface area contributed by atoms with Crippen LogP contribution in [-0.2, 0) is 4.79 Å². The van der Waals surface area contributed by atoms with Crippen LogP contribution in [-0.4, -0.2) is 27.8 Å². The van der Waals surface area contributed by atoms with Crippen molar-refractivity contribution in [2.45, 2.75) is 17.3 Å². The second-order valence-electron chi connectivity index (χ2n) is 5.82. The summed E-state index contributed by atoms with van der Waals surface area (Å²) in [6, 6.07) is 15.0. The first-order valence-corrected chi connectivity index (χ1v) is 10.2. The van der Waals surface area contributed by atoms with Crippen LogP contribution < -0.4 is 10.6 Å². The lowest BCUT2D eigenvalue weighted by atomic mass is 10.1. The van der Waals surface area contributed by atoms with E-state index in [-0.39, 0.29) is 28.5 Å². The van der Waals surface area contributed by atoms with Gasteiger partial charge in [-0.3, -0.25) is 9.59 Å². The molecule has 28 heavy (non-hydrogen) atoms. The van der Waals surface area contributed by atoms with Crippen LogP contribution in [0.25, 0.3) is 0 Å². The summed E-state index contributed by atoms with van der Waals surface area (Å²) >= 11 is 2.31. The first-order chi connectivity index (χ1) is 13.5. The summed E-state index contributed by atoms with van der Waals surface area (Å²) in [5.74, 6) is -0.773. The molecule has 0 bridgehead atoms. The van der Waals surface area contributed by atoms with Gasteiger partial charge in [0.15, 0.2) is 4.34 Å². The molecule has 0 radical (unpaired) electrons. The molecule has 2 aromatic carbocycles. The third-order valence-electron chi connectivity index (χ3n) is 3.71. The number of aromatic nitrogens is 2. The van der Waals surface area contributed by atoms with E-state index in [1.165, 1.54) is 36.0 Å². The highest BCUT2D eigenvalue weighted by Crippen LogP contribution is 2.23. The average Bonchev–Trinajstić information content (AvgIpc) is 3.18. The van der Waals surface area contributed by atoms with Crippen molar-refractivity contribution in [2.75, 3.05) is 11.1 Å². The maximum atomic E-state index is 12.9. The van der Waals surface area contributed by atoms with Gasteiger partial charge in [0.2, 0.25) is 10.9 Å². The normalized spacial score (nSPS) is 11.6. The second kappa shape index (κ2) is 9.43. The third kappa shape index (κ3) is 5.61. The van der Waals surface area contributed by atoms with Gasteiger partial charge in [-0.2, -0.15) is 0 Å². The van der Waals surface area contributed by atoms with E-state index in [4.69, 9.17) is 0 Å². The topological polar surface area (TPSA) is 84.0 Å². The summed E-state index contributed by atoms with van der Waals surface area (Å²) in [5, 5.41) is 13.5. The van der Waals surface area contributed by atoms with Crippen LogP contribution in [0.15, 0.2) is 58.9 Å². The number of carbonyl (C=O) groups is 2. The van der Waals surface area contributed by atoms with Crippen molar-refractivity contribution in [1.29, 1.82) is 0 Å². The highest BCUT2D eigenvalue weighted by atomic mass is 32.2. The summed E-state index contributed by atoms with van der Waals surface area (Å²) in [6.07, 6.45) is 0. The molecular weight excluding hydrogens is 399 g/mol. The van der Waals surface area contributed by atoms with Crippen LogP contribution in [0.1, 0.15) is 28.3 Å². The first-order valence-electron chi connectivity index (χ1n) is 8.39. The SMILES string of the molecule is C[C@H](NC(=O)CSc1nnc(C(=O)Nc2ccc(F)cc2)s1)c1ccccc1. The van der Waals surface area contributed by atoms with Crippen LogP contribution in [0.5, 0.6) is 0 Å². The fourth-order valence-corrected chi connectivity index (χ4v) is 3.87. The van der Waals surface area contributed by atoms with E-state index in [1.54, 1.807) is 0 Å². The number of rotatable bonds is 7. The molecule has 0 unspecified atom stereocenters. The molecular formula is C19H17FN4O2S2. The number of hydrogen-bond acceptors (Lipinski definition) is 6. The van der Waals surface area contributed by atoms with E-state index >= 15 is 0 Å². The highest BCUT2D eigenvalue weighted by molar-refractivity contribution is 8.01. The maximum Gasteiger partial charge on any atom is 0.286 e. The van der Waals surface area contributed by atoms with Gasteiger partial charge in [-0.1, -0.05) is 53.4 Å². The van der Waals surface area contributed by atoms with Gasteiger partial charge in [-0.25, -0.2) is 4.39 Å². The molecule has 0 aliphatic rings. The largest absolute Gasteiger partial charge is 0.349 e. The minimum Gasteiger partial charge on any atom is -0.349 e. The van der Waals surface area contributed by atoms with E-state index in [9.17, 15) is 14.0 Å². The van der Waals surface area contributed by atoms with Gasteiger partial charge >= 0.3 is 0 Å². The minimum absolute atomic E-state index is 0.0965. The Morgan fingerprint density at radius 3 is 2.54 bits per heavy atom. The molecule has 3 aromatic rings. The molecule has 1 aromatic heterocycles. The molecule has 1 heterocycles. The van der Waals surface area contributed by atoms with Crippen LogP contribution in [0.3, 0.4) is 0 Å². The Kier molecular flexibility index (Phi) is 6.72. The monoisotopic (exact) mass is 416 g/mol. The van der Waals surface area contributed by atoms with Gasteiger partial charge < -0.3 is 10.6 Å². The number of benzene rings is 2. The van der Waals surface area contributed by atoms with Crippen molar-refractivity contribution in [1.82, 2.24) is 15.5 Å². The lowest BCUT2D eigenvalue weighted by Crippen LogP contribution is -2.28. The Morgan fingerprint density at radius 1 is 1.11 bits per heavy atom. The smallest absolute Gasteiger partial charge is 0.286 e. The molecule has 0 saturated carbocycles. The van der Waals surface area contributed by atoms with Crippen molar-refractivity contribution < 1.29 is 14.0 Å². The number of hydrogen-bond donors (Lipinski definition) is 2. The molecule has 9 heteroatoms. The zero-order valence-corrected chi connectivity index (χ0v) is 16.5. The molecule has 0 aliphatic heterocycles. The van der Waals surface area contributed by atoms with Crippen LogP contribution in [0, 0.1) is 5.82 Å². The van der Waals surface area contributed by atoms with Gasteiger partial charge in [0.25, 0.3) is 5.91 Å². The maximum absolute atomic E-state index is 12.9. The molecule has 0 fully saturated rings. The molecule has 1 atom stereocenters. The molecule has 2 N–H and O–H groups in total. The lowest BCUT2D eigenvalue weighted by Gasteiger charge is -2.13. The fraction of sp³-hybridized carbons (Fsp3) is 0.158. The van der Waals surface area contributed by atoms with E-state index in [1.807, 2.05) is 37.3 Å². The van der Waals surface area contributed by atoms with Crippen LogP contribution >= 0.6 is 23.1 Å². The zero-order valence-electron chi connectivity index (χ0n) is 14.9. The van der Waals surface area contributed by atoms with Gasteiger partial charge in [0.05, 0.1) is 11.8 Å².